The molecule has 0 aliphatic heterocycles. The average molecular weight is 247 g/mol. The molecule has 96 valence electrons. The van der Waals surface area contributed by atoms with Gasteiger partial charge in [0.15, 0.2) is 5.82 Å². The molecule has 1 aliphatic rings. The van der Waals surface area contributed by atoms with Gasteiger partial charge in [-0.15, -0.1) is 0 Å². The van der Waals surface area contributed by atoms with E-state index >= 15 is 0 Å². The lowest BCUT2D eigenvalue weighted by atomic mass is 10.2. The lowest BCUT2D eigenvalue weighted by Gasteiger charge is -2.00. The Morgan fingerprint density at radius 1 is 1.39 bits per heavy atom. The van der Waals surface area contributed by atoms with Crippen LogP contribution in [0.2, 0.25) is 0 Å². The van der Waals surface area contributed by atoms with Crippen molar-refractivity contribution in [2.45, 2.75) is 45.7 Å². The Morgan fingerprint density at radius 3 is 2.78 bits per heavy atom. The molecule has 0 aromatic carbocycles. The first-order valence-corrected chi connectivity index (χ1v) is 6.24. The van der Waals surface area contributed by atoms with Crippen LogP contribution in [-0.4, -0.2) is 19.9 Å². The molecule has 2 aromatic rings. The van der Waals surface area contributed by atoms with Crippen LogP contribution in [-0.2, 0) is 13.1 Å². The lowest BCUT2D eigenvalue weighted by molar-refractivity contribution is 0.360. The zero-order chi connectivity index (χ0) is 12.7. The normalized spacial score (nSPS) is 15.3. The highest BCUT2D eigenvalue weighted by atomic mass is 16.5. The Morgan fingerprint density at radius 2 is 2.17 bits per heavy atom. The highest BCUT2D eigenvalue weighted by molar-refractivity contribution is 5.24. The van der Waals surface area contributed by atoms with Gasteiger partial charge in [0.25, 0.3) is 0 Å². The van der Waals surface area contributed by atoms with Gasteiger partial charge in [-0.25, -0.2) is 0 Å². The minimum Gasteiger partial charge on any atom is -0.337 e. The molecule has 1 fully saturated rings. The molecule has 2 heterocycles. The Kier molecular flexibility index (Phi) is 2.66. The van der Waals surface area contributed by atoms with Gasteiger partial charge in [-0.3, -0.25) is 4.68 Å². The van der Waals surface area contributed by atoms with Gasteiger partial charge in [-0.05, 0) is 26.7 Å². The summed E-state index contributed by atoms with van der Waals surface area (Å²) >= 11 is 0. The van der Waals surface area contributed by atoms with E-state index < -0.39 is 0 Å². The van der Waals surface area contributed by atoms with Crippen molar-refractivity contribution in [1.29, 1.82) is 0 Å². The van der Waals surface area contributed by atoms with Gasteiger partial charge in [0.1, 0.15) is 6.54 Å². The van der Waals surface area contributed by atoms with E-state index in [1.807, 2.05) is 18.5 Å². The van der Waals surface area contributed by atoms with Crippen LogP contribution in [0.5, 0.6) is 0 Å². The molecule has 0 atom stereocenters. The Balaban J connectivity index is 1.82. The van der Waals surface area contributed by atoms with Gasteiger partial charge in [-0.2, -0.15) is 10.1 Å². The van der Waals surface area contributed by atoms with Crippen molar-refractivity contribution in [3.8, 4) is 0 Å². The minimum absolute atomic E-state index is 0.509. The third-order valence-electron chi connectivity index (χ3n) is 3.45. The third kappa shape index (κ3) is 1.92. The fourth-order valence-electron chi connectivity index (χ4n) is 2.15. The van der Waals surface area contributed by atoms with Crippen LogP contribution in [0, 0.1) is 13.8 Å². The van der Waals surface area contributed by atoms with Crippen LogP contribution in [0.4, 0.5) is 0 Å². The zero-order valence-electron chi connectivity index (χ0n) is 10.7. The van der Waals surface area contributed by atoms with Crippen LogP contribution in [0.15, 0.2) is 4.52 Å². The number of rotatable bonds is 4. The highest BCUT2D eigenvalue weighted by Crippen LogP contribution is 2.38. The summed E-state index contributed by atoms with van der Waals surface area (Å²) < 4.78 is 7.13. The van der Waals surface area contributed by atoms with Gasteiger partial charge in [-0.1, -0.05) is 5.16 Å². The van der Waals surface area contributed by atoms with E-state index in [-0.39, 0.29) is 0 Å². The standard InChI is InChI=1S/C12H17N5O/c1-7-10(5-13)8(2)17(15-7)6-11-14-12(16-18-11)9-3-4-9/h9H,3-6,13H2,1-2H3. The molecule has 0 radical (unpaired) electrons. The van der Waals surface area contributed by atoms with Crippen molar-refractivity contribution < 1.29 is 4.52 Å². The van der Waals surface area contributed by atoms with Crippen LogP contribution in [0.1, 0.15) is 47.4 Å². The number of nitrogens with two attached hydrogens (primary N) is 1. The molecule has 18 heavy (non-hydrogen) atoms. The molecule has 0 bridgehead atoms. The van der Waals surface area contributed by atoms with Crippen LogP contribution < -0.4 is 5.73 Å². The minimum atomic E-state index is 0.509. The van der Waals surface area contributed by atoms with E-state index in [1.54, 1.807) is 0 Å². The van der Waals surface area contributed by atoms with E-state index in [0.717, 1.165) is 22.8 Å². The first-order chi connectivity index (χ1) is 8.69. The largest absolute Gasteiger partial charge is 0.337 e. The molecule has 1 aliphatic carbocycles. The summed E-state index contributed by atoms with van der Waals surface area (Å²) in [5.41, 5.74) is 8.84. The zero-order valence-corrected chi connectivity index (χ0v) is 10.7. The lowest BCUT2D eigenvalue weighted by Crippen LogP contribution is -2.05. The van der Waals surface area contributed by atoms with Crippen LogP contribution in [0.25, 0.3) is 0 Å². The topological polar surface area (TPSA) is 82.8 Å². The van der Waals surface area contributed by atoms with E-state index in [9.17, 15) is 0 Å². The third-order valence-corrected chi connectivity index (χ3v) is 3.45. The molecule has 0 unspecified atom stereocenters. The second kappa shape index (κ2) is 4.20. The van der Waals surface area contributed by atoms with Crippen molar-refractivity contribution in [3.05, 3.63) is 28.7 Å². The quantitative estimate of drug-likeness (QED) is 0.879. The second-order valence-electron chi connectivity index (χ2n) is 4.83. The fourth-order valence-corrected chi connectivity index (χ4v) is 2.15. The number of aromatic nitrogens is 4. The Labute approximate surface area is 105 Å². The molecular weight excluding hydrogens is 230 g/mol. The van der Waals surface area contributed by atoms with E-state index in [2.05, 4.69) is 15.2 Å². The average Bonchev–Trinajstić information content (AvgIpc) is 3.03. The van der Waals surface area contributed by atoms with Gasteiger partial charge in [0, 0.05) is 23.7 Å². The van der Waals surface area contributed by atoms with E-state index in [4.69, 9.17) is 10.3 Å². The summed E-state index contributed by atoms with van der Waals surface area (Å²) in [7, 11) is 0. The molecule has 2 N–H and O–H groups in total. The number of hydrogen-bond donors (Lipinski definition) is 1. The number of aryl methyl sites for hydroxylation is 1. The van der Waals surface area contributed by atoms with Crippen molar-refractivity contribution in [2.24, 2.45) is 5.73 Å². The maximum atomic E-state index is 5.71. The molecule has 0 amide bonds. The molecule has 3 rings (SSSR count). The summed E-state index contributed by atoms with van der Waals surface area (Å²) in [6.07, 6.45) is 2.35. The van der Waals surface area contributed by atoms with E-state index in [1.165, 1.54) is 12.8 Å². The second-order valence-corrected chi connectivity index (χ2v) is 4.83. The van der Waals surface area contributed by atoms with Crippen molar-refractivity contribution in [2.75, 3.05) is 0 Å². The summed E-state index contributed by atoms with van der Waals surface area (Å²) in [5, 5.41) is 8.46. The van der Waals surface area contributed by atoms with Gasteiger partial charge in [0.05, 0.1) is 5.69 Å². The Bertz CT molecular complexity index is 567. The highest BCUT2D eigenvalue weighted by Gasteiger charge is 2.28. The van der Waals surface area contributed by atoms with Gasteiger partial charge < -0.3 is 10.3 Å². The summed E-state index contributed by atoms with van der Waals surface area (Å²) in [6.45, 7) is 5.01. The monoisotopic (exact) mass is 247 g/mol. The summed E-state index contributed by atoms with van der Waals surface area (Å²) in [4.78, 5) is 4.40. The molecule has 6 heteroatoms. The predicted molar refractivity (Wildman–Crippen MR) is 65.0 cm³/mol. The first-order valence-electron chi connectivity index (χ1n) is 6.24. The Hall–Kier alpha value is -1.69. The molecule has 6 nitrogen and oxygen atoms in total. The number of nitrogens with zero attached hydrogens (tertiary/aromatic N) is 4. The van der Waals surface area contributed by atoms with Gasteiger partial charge in [0.2, 0.25) is 5.89 Å². The summed E-state index contributed by atoms with van der Waals surface area (Å²) in [6, 6.07) is 0. The first kappa shape index (κ1) is 11.4. The predicted octanol–water partition coefficient (Wildman–Crippen LogP) is 1.27. The number of hydrogen-bond acceptors (Lipinski definition) is 5. The maximum Gasteiger partial charge on any atom is 0.248 e. The smallest absolute Gasteiger partial charge is 0.248 e. The molecule has 1 saturated carbocycles. The van der Waals surface area contributed by atoms with Crippen molar-refractivity contribution >= 4 is 0 Å². The van der Waals surface area contributed by atoms with Crippen LogP contribution in [0.3, 0.4) is 0 Å². The fraction of sp³-hybridized carbons (Fsp3) is 0.583. The maximum absolute atomic E-state index is 5.71. The van der Waals surface area contributed by atoms with E-state index in [0.29, 0.717) is 24.9 Å². The van der Waals surface area contributed by atoms with Crippen LogP contribution >= 0.6 is 0 Å². The molecule has 0 spiro atoms. The van der Waals surface area contributed by atoms with Gasteiger partial charge >= 0.3 is 0 Å². The summed E-state index contributed by atoms with van der Waals surface area (Å²) in [5.74, 6) is 1.97. The van der Waals surface area contributed by atoms with Crippen molar-refractivity contribution in [1.82, 2.24) is 19.9 Å². The molecule has 0 saturated heterocycles. The molecular formula is C12H17N5O. The SMILES string of the molecule is Cc1nn(Cc2nc(C3CC3)no2)c(C)c1CN. The van der Waals surface area contributed by atoms with Crippen molar-refractivity contribution in [3.63, 3.8) is 0 Å². The molecule has 2 aromatic heterocycles.